The van der Waals surface area contributed by atoms with Crippen molar-refractivity contribution < 1.29 is 0 Å². The molecule has 0 heterocycles. The molecule has 0 fully saturated rings. The molecule has 0 spiro atoms. The number of anilines is 2. The van der Waals surface area contributed by atoms with Crippen molar-refractivity contribution in [3.63, 3.8) is 0 Å². The maximum absolute atomic E-state index is 6.08. The summed E-state index contributed by atoms with van der Waals surface area (Å²) in [4.78, 5) is 0. The van der Waals surface area contributed by atoms with Crippen LogP contribution >= 0.6 is 0 Å². The first kappa shape index (κ1) is 40.3. The van der Waals surface area contributed by atoms with Gasteiger partial charge < -0.3 is 11.5 Å². The molecule has 2 heteroatoms. The Morgan fingerprint density at radius 3 is 0.863 bits per heavy atom. The van der Waals surface area contributed by atoms with Gasteiger partial charge in [0.1, 0.15) is 0 Å². The van der Waals surface area contributed by atoms with Gasteiger partial charge in [-0.25, -0.2) is 0 Å². The van der Waals surface area contributed by atoms with E-state index in [1.165, 1.54) is 167 Å². The largest absolute Gasteiger partial charge is 0.399 e. The topological polar surface area (TPSA) is 52.0 Å². The molecule has 0 aliphatic heterocycles. The third-order valence-corrected chi connectivity index (χ3v) is 11.0. The number of nitrogen functional groups attached to an aromatic ring is 2. The summed E-state index contributed by atoms with van der Waals surface area (Å²) in [6, 6.07) is 31.6. The Hall–Kier alpha value is -3.52. The van der Waals surface area contributed by atoms with E-state index in [0.29, 0.717) is 0 Å². The first-order chi connectivity index (χ1) is 25.0. The van der Waals surface area contributed by atoms with Crippen molar-refractivity contribution in [1.82, 2.24) is 0 Å². The molecule has 4 rings (SSSR count). The molecule has 4 aromatic rings. The van der Waals surface area contributed by atoms with Crippen LogP contribution in [0.25, 0.3) is 0 Å². The molecule has 0 unspecified atom stereocenters. The van der Waals surface area contributed by atoms with Gasteiger partial charge >= 0.3 is 0 Å². The second kappa shape index (κ2) is 23.9. The van der Waals surface area contributed by atoms with Crippen LogP contribution < -0.4 is 11.5 Å². The Bertz CT molecular complexity index is 1390. The van der Waals surface area contributed by atoms with Crippen molar-refractivity contribution in [2.45, 2.75) is 162 Å². The van der Waals surface area contributed by atoms with Crippen LogP contribution in [0.5, 0.6) is 0 Å². The molecular weight excluding hydrogens is 617 g/mol. The van der Waals surface area contributed by atoms with Crippen LogP contribution in [0, 0.1) is 0 Å². The monoisotopic (exact) mass is 687 g/mol. The summed E-state index contributed by atoms with van der Waals surface area (Å²) in [5, 5.41) is 0. The lowest BCUT2D eigenvalue weighted by Crippen LogP contribution is -1.96. The number of hydrogen-bond donors (Lipinski definition) is 2. The first-order valence-electron chi connectivity index (χ1n) is 20.9. The average Bonchev–Trinajstić information content (AvgIpc) is 3.15. The van der Waals surface area contributed by atoms with Crippen LogP contribution in [0.15, 0.2) is 84.9 Å². The normalized spacial score (nSPS) is 11.3. The zero-order chi connectivity index (χ0) is 35.9. The van der Waals surface area contributed by atoms with Crippen LogP contribution in [-0.4, -0.2) is 0 Å². The van der Waals surface area contributed by atoms with Gasteiger partial charge in [-0.3, -0.25) is 0 Å². The van der Waals surface area contributed by atoms with E-state index in [0.717, 1.165) is 37.1 Å². The van der Waals surface area contributed by atoms with E-state index < -0.39 is 0 Å². The lowest BCUT2D eigenvalue weighted by Gasteiger charge is -2.08. The molecule has 0 saturated carbocycles. The predicted molar refractivity (Wildman–Crippen MR) is 225 cm³/mol. The third-order valence-electron chi connectivity index (χ3n) is 11.0. The lowest BCUT2D eigenvalue weighted by atomic mass is 9.98. The van der Waals surface area contributed by atoms with Crippen LogP contribution in [-0.2, 0) is 38.5 Å². The lowest BCUT2D eigenvalue weighted by molar-refractivity contribution is 0.525. The summed E-state index contributed by atoms with van der Waals surface area (Å²) >= 11 is 0. The number of hydrogen-bond acceptors (Lipinski definition) is 2. The number of benzene rings is 4. The number of rotatable bonds is 26. The molecule has 0 radical (unpaired) electrons. The minimum atomic E-state index is 0.914. The standard InChI is InChI=1S/C49H70N2/c1-3-46-38-44(32-34-48(46)50)36-42-28-24-40(25-29-42)22-20-18-16-14-12-10-8-6-5-7-9-11-13-15-17-19-21-23-41-26-30-43(31-27-41)37-45-33-35-49(51)47(4-2)39-45/h24-35,38-39H,3-23,36-37,50-51H2,1-2H3. The Balaban J connectivity index is 0.886. The summed E-state index contributed by atoms with van der Waals surface area (Å²) in [5.41, 5.74) is 24.9. The van der Waals surface area contributed by atoms with Gasteiger partial charge in [0, 0.05) is 11.4 Å². The number of unbranched alkanes of at least 4 members (excludes halogenated alkanes) is 16. The maximum Gasteiger partial charge on any atom is 0.0346 e. The van der Waals surface area contributed by atoms with E-state index in [1.807, 2.05) is 0 Å². The first-order valence-corrected chi connectivity index (χ1v) is 20.9. The highest BCUT2D eigenvalue weighted by molar-refractivity contribution is 5.50. The second-order valence-electron chi connectivity index (χ2n) is 15.3. The van der Waals surface area contributed by atoms with Crippen LogP contribution in [0.1, 0.15) is 168 Å². The molecule has 4 aromatic carbocycles. The minimum Gasteiger partial charge on any atom is -0.399 e. The van der Waals surface area contributed by atoms with Gasteiger partial charge in [0.25, 0.3) is 0 Å². The predicted octanol–water partition coefficient (Wildman–Crippen LogP) is 13.6. The molecule has 0 bridgehead atoms. The molecule has 4 N–H and O–H groups in total. The fourth-order valence-corrected chi connectivity index (χ4v) is 7.58. The zero-order valence-corrected chi connectivity index (χ0v) is 32.5. The molecule has 0 amide bonds. The molecule has 2 nitrogen and oxygen atoms in total. The van der Waals surface area contributed by atoms with Crippen molar-refractivity contribution >= 4 is 11.4 Å². The van der Waals surface area contributed by atoms with Crippen molar-refractivity contribution in [2.24, 2.45) is 0 Å². The highest BCUT2D eigenvalue weighted by Crippen LogP contribution is 2.21. The molecular formula is C49H70N2. The Morgan fingerprint density at radius 2 is 0.569 bits per heavy atom. The molecule has 0 aliphatic carbocycles. The van der Waals surface area contributed by atoms with Crippen molar-refractivity contribution in [1.29, 1.82) is 0 Å². The highest BCUT2D eigenvalue weighted by Gasteiger charge is 2.04. The zero-order valence-electron chi connectivity index (χ0n) is 32.5. The molecule has 0 aromatic heterocycles. The molecule has 0 saturated heterocycles. The maximum atomic E-state index is 6.08. The van der Waals surface area contributed by atoms with E-state index >= 15 is 0 Å². The number of aryl methyl sites for hydroxylation is 4. The fourth-order valence-electron chi connectivity index (χ4n) is 7.58. The Morgan fingerprint density at radius 1 is 0.314 bits per heavy atom. The minimum absolute atomic E-state index is 0.914. The molecule has 0 atom stereocenters. The smallest absolute Gasteiger partial charge is 0.0346 e. The number of nitrogens with two attached hydrogens (primary N) is 2. The SMILES string of the molecule is CCc1cc(Cc2ccc(CCCCCCCCCCCCCCCCCCCc3ccc(Cc4ccc(N)c(CC)c4)cc3)cc2)ccc1N. The average molecular weight is 687 g/mol. The second-order valence-corrected chi connectivity index (χ2v) is 15.3. The summed E-state index contributed by atoms with van der Waals surface area (Å²) < 4.78 is 0. The van der Waals surface area contributed by atoms with Crippen molar-refractivity contribution in [3.05, 3.63) is 129 Å². The molecule has 0 aliphatic rings. The quantitative estimate of drug-likeness (QED) is 0.0510. The van der Waals surface area contributed by atoms with E-state index in [9.17, 15) is 0 Å². The molecule has 276 valence electrons. The summed E-state index contributed by atoms with van der Waals surface area (Å²) in [5.74, 6) is 0. The molecule has 51 heavy (non-hydrogen) atoms. The van der Waals surface area contributed by atoms with Gasteiger partial charge in [0.05, 0.1) is 0 Å². The highest BCUT2D eigenvalue weighted by atomic mass is 14.6. The van der Waals surface area contributed by atoms with E-state index in [2.05, 4.69) is 98.8 Å². The van der Waals surface area contributed by atoms with Gasteiger partial charge in [-0.2, -0.15) is 0 Å². The van der Waals surface area contributed by atoms with Gasteiger partial charge in [0.2, 0.25) is 0 Å². The van der Waals surface area contributed by atoms with E-state index in [4.69, 9.17) is 11.5 Å². The third kappa shape index (κ3) is 15.7. The van der Waals surface area contributed by atoms with Gasteiger partial charge in [0.15, 0.2) is 0 Å². The summed E-state index contributed by atoms with van der Waals surface area (Å²) in [7, 11) is 0. The fraction of sp³-hybridized carbons (Fsp3) is 0.510. The van der Waals surface area contributed by atoms with Gasteiger partial charge in [-0.15, -0.1) is 0 Å². The Labute approximate surface area is 312 Å². The van der Waals surface area contributed by atoms with E-state index in [1.54, 1.807) is 0 Å². The van der Waals surface area contributed by atoms with E-state index in [-0.39, 0.29) is 0 Å². The Kier molecular flexibility index (Phi) is 18.8. The van der Waals surface area contributed by atoms with Crippen molar-refractivity contribution in [2.75, 3.05) is 11.5 Å². The van der Waals surface area contributed by atoms with Crippen LogP contribution in [0.4, 0.5) is 11.4 Å². The van der Waals surface area contributed by atoms with Crippen LogP contribution in [0.2, 0.25) is 0 Å². The van der Waals surface area contributed by atoms with Crippen molar-refractivity contribution in [3.8, 4) is 0 Å². The summed E-state index contributed by atoms with van der Waals surface area (Å²) in [6.45, 7) is 4.34. The van der Waals surface area contributed by atoms with Gasteiger partial charge in [-0.05, 0) is 108 Å². The summed E-state index contributed by atoms with van der Waals surface area (Å²) in [6.07, 6.45) is 30.3. The van der Waals surface area contributed by atoms with Crippen LogP contribution in [0.3, 0.4) is 0 Å². The van der Waals surface area contributed by atoms with Gasteiger partial charge in [-0.1, -0.05) is 183 Å².